The molecule has 1 N–H and O–H groups in total. The lowest BCUT2D eigenvalue weighted by Gasteiger charge is -2.03. The van der Waals surface area contributed by atoms with Gasteiger partial charge in [0.05, 0.1) is 5.56 Å². The van der Waals surface area contributed by atoms with Crippen LogP contribution in [0.3, 0.4) is 0 Å². The first-order chi connectivity index (χ1) is 6.86. The molecule has 0 aliphatic carbocycles. The van der Waals surface area contributed by atoms with Crippen molar-refractivity contribution in [2.24, 2.45) is 0 Å². The molecule has 0 radical (unpaired) electrons. The fourth-order valence-electron chi connectivity index (χ4n) is 1.44. The Morgan fingerprint density at radius 2 is 2.50 bits per heavy atom. The quantitative estimate of drug-likeness (QED) is 0.772. The molecule has 0 atom stereocenters. The molecule has 0 amide bonds. The van der Waals surface area contributed by atoms with E-state index in [9.17, 15) is 0 Å². The van der Waals surface area contributed by atoms with Gasteiger partial charge in [-0.15, -0.1) is 0 Å². The third kappa shape index (κ3) is 1.19. The summed E-state index contributed by atoms with van der Waals surface area (Å²) in [5.41, 5.74) is 4.55. The van der Waals surface area contributed by atoms with Gasteiger partial charge in [0.25, 0.3) is 0 Å². The lowest BCUT2D eigenvalue weighted by molar-refractivity contribution is 0.887. The van der Waals surface area contributed by atoms with Crippen molar-refractivity contribution in [3.63, 3.8) is 0 Å². The van der Waals surface area contributed by atoms with E-state index >= 15 is 0 Å². The number of hydrogen-bond donors (Lipinski definition) is 1. The van der Waals surface area contributed by atoms with Crippen molar-refractivity contribution in [3.8, 4) is 6.07 Å². The molecule has 0 aliphatic heterocycles. The fraction of sp³-hybridized carbons (Fsp3) is 0.200. The minimum atomic E-state index is 0.647. The van der Waals surface area contributed by atoms with Crippen LogP contribution in [-0.2, 0) is 0 Å². The predicted octanol–water partition coefficient (Wildman–Crippen LogP) is 1.47. The Bertz CT molecular complexity index is 492. The molecule has 14 heavy (non-hydrogen) atoms. The van der Waals surface area contributed by atoms with Crippen LogP contribution in [-0.4, -0.2) is 16.2 Å². The van der Waals surface area contributed by atoms with Crippen molar-refractivity contribution >= 4 is 11.0 Å². The highest BCUT2D eigenvalue weighted by molar-refractivity contribution is 5.83. The summed E-state index contributed by atoms with van der Waals surface area (Å²) in [4.78, 5) is 4.22. The highest BCUT2D eigenvalue weighted by Crippen LogP contribution is 2.16. The van der Waals surface area contributed by atoms with Crippen molar-refractivity contribution < 1.29 is 0 Å². The van der Waals surface area contributed by atoms with E-state index in [0.717, 1.165) is 17.6 Å². The number of nitrogens with one attached hydrogen (secondary N) is 1. The molecule has 0 bridgehead atoms. The molecular formula is C10H10N4. The summed E-state index contributed by atoms with van der Waals surface area (Å²) in [6, 6.07) is 5.88. The molecular weight excluding hydrogens is 176 g/mol. The third-order valence-electron chi connectivity index (χ3n) is 2.01. The average Bonchev–Trinajstić information content (AvgIpc) is 2.58. The largest absolute Gasteiger partial charge is 0.325 e. The molecule has 0 spiro atoms. The highest BCUT2D eigenvalue weighted by atomic mass is 15.4. The Morgan fingerprint density at radius 3 is 3.21 bits per heavy atom. The summed E-state index contributed by atoms with van der Waals surface area (Å²) in [6.45, 7) is 2.80. The SMILES string of the molecule is CCNn1cc(C#N)c2cccnc21. The van der Waals surface area contributed by atoms with Gasteiger partial charge in [0.15, 0.2) is 5.65 Å². The Kier molecular flexibility index (Phi) is 2.07. The van der Waals surface area contributed by atoms with Gasteiger partial charge < -0.3 is 5.43 Å². The Hall–Kier alpha value is -2.02. The van der Waals surface area contributed by atoms with Gasteiger partial charge in [-0.05, 0) is 19.1 Å². The van der Waals surface area contributed by atoms with E-state index in [2.05, 4.69) is 16.5 Å². The third-order valence-corrected chi connectivity index (χ3v) is 2.01. The van der Waals surface area contributed by atoms with Gasteiger partial charge in [-0.2, -0.15) is 5.26 Å². The van der Waals surface area contributed by atoms with E-state index in [0.29, 0.717) is 5.56 Å². The van der Waals surface area contributed by atoms with Gasteiger partial charge in [-0.25, -0.2) is 9.66 Å². The molecule has 0 aromatic carbocycles. The number of fused-ring (bicyclic) bond motifs is 1. The summed E-state index contributed by atoms with van der Waals surface area (Å²) in [5, 5.41) is 9.78. The van der Waals surface area contributed by atoms with Crippen LogP contribution < -0.4 is 5.43 Å². The second-order valence-electron chi connectivity index (χ2n) is 2.91. The number of hydrogen-bond acceptors (Lipinski definition) is 3. The van der Waals surface area contributed by atoms with Crippen LogP contribution in [0.1, 0.15) is 12.5 Å². The van der Waals surface area contributed by atoms with E-state index in [1.807, 2.05) is 19.1 Å². The molecule has 2 aromatic rings. The van der Waals surface area contributed by atoms with E-state index in [-0.39, 0.29) is 0 Å². The number of pyridine rings is 1. The van der Waals surface area contributed by atoms with Gasteiger partial charge in [-0.3, -0.25) is 0 Å². The fourth-order valence-corrected chi connectivity index (χ4v) is 1.44. The normalized spacial score (nSPS) is 10.0. The van der Waals surface area contributed by atoms with Crippen LogP contribution in [0.15, 0.2) is 24.5 Å². The standard InChI is InChI=1S/C10H10N4/c1-2-13-14-7-8(6-11)9-4-3-5-12-10(9)14/h3-5,7,13H,2H2,1H3. The van der Waals surface area contributed by atoms with Crippen LogP contribution in [0.5, 0.6) is 0 Å². The lowest BCUT2D eigenvalue weighted by atomic mass is 10.2. The summed E-state index contributed by atoms with van der Waals surface area (Å²) >= 11 is 0. The summed E-state index contributed by atoms with van der Waals surface area (Å²) in [6.07, 6.45) is 3.48. The van der Waals surface area contributed by atoms with Crippen LogP contribution in [0, 0.1) is 11.3 Å². The predicted molar refractivity (Wildman–Crippen MR) is 54.3 cm³/mol. The van der Waals surface area contributed by atoms with Gasteiger partial charge in [-0.1, -0.05) is 0 Å². The van der Waals surface area contributed by atoms with Crippen molar-refractivity contribution in [1.82, 2.24) is 9.66 Å². The first-order valence-electron chi connectivity index (χ1n) is 4.47. The Balaban J connectivity index is 2.68. The van der Waals surface area contributed by atoms with Gasteiger partial charge in [0, 0.05) is 24.3 Å². The average molecular weight is 186 g/mol. The lowest BCUT2D eigenvalue weighted by Crippen LogP contribution is -2.12. The zero-order valence-corrected chi connectivity index (χ0v) is 7.86. The number of aromatic nitrogens is 2. The maximum absolute atomic E-state index is 8.90. The van der Waals surface area contributed by atoms with Gasteiger partial charge in [0.2, 0.25) is 0 Å². The van der Waals surface area contributed by atoms with Crippen molar-refractivity contribution in [2.75, 3.05) is 12.0 Å². The molecule has 2 rings (SSSR count). The molecule has 0 unspecified atom stereocenters. The molecule has 4 nitrogen and oxygen atoms in total. The number of nitriles is 1. The second kappa shape index (κ2) is 3.38. The Labute approximate surface area is 81.8 Å². The maximum Gasteiger partial charge on any atom is 0.159 e. The summed E-state index contributed by atoms with van der Waals surface area (Å²) < 4.78 is 1.79. The maximum atomic E-state index is 8.90. The van der Waals surface area contributed by atoms with Crippen molar-refractivity contribution in [1.29, 1.82) is 5.26 Å². The molecule has 2 heterocycles. The van der Waals surface area contributed by atoms with E-state index in [1.165, 1.54) is 0 Å². The van der Waals surface area contributed by atoms with Crippen LogP contribution >= 0.6 is 0 Å². The molecule has 70 valence electrons. The zero-order valence-electron chi connectivity index (χ0n) is 7.86. The second-order valence-corrected chi connectivity index (χ2v) is 2.91. The number of rotatable bonds is 2. The first kappa shape index (κ1) is 8.57. The minimum Gasteiger partial charge on any atom is -0.325 e. The molecule has 4 heteroatoms. The zero-order chi connectivity index (χ0) is 9.97. The Morgan fingerprint density at radius 1 is 1.64 bits per heavy atom. The van der Waals surface area contributed by atoms with Crippen LogP contribution in [0.2, 0.25) is 0 Å². The molecule has 2 aromatic heterocycles. The van der Waals surface area contributed by atoms with Gasteiger partial charge >= 0.3 is 0 Å². The van der Waals surface area contributed by atoms with Crippen molar-refractivity contribution in [3.05, 3.63) is 30.1 Å². The highest BCUT2D eigenvalue weighted by Gasteiger charge is 2.07. The van der Waals surface area contributed by atoms with Crippen molar-refractivity contribution in [2.45, 2.75) is 6.92 Å². The number of nitrogens with zero attached hydrogens (tertiary/aromatic N) is 3. The van der Waals surface area contributed by atoms with E-state index in [1.54, 1.807) is 17.1 Å². The van der Waals surface area contributed by atoms with Gasteiger partial charge in [0.1, 0.15) is 6.07 Å². The van der Waals surface area contributed by atoms with E-state index in [4.69, 9.17) is 5.26 Å². The van der Waals surface area contributed by atoms with Crippen LogP contribution in [0.25, 0.3) is 11.0 Å². The summed E-state index contributed by atoms with van der Waals surface area (Å²) in [5.74, 6) is 0. The van der Waals surface area contributed by atoms with Crippen LogP contribution in [0.4, 0.5) is 0 Å². The molecule has 0 aliphatic rings. The first-order valence-corrected chi connectivity index (χ1v) is 4.47. The molecule has 0 saturated carbocycles. The van der Waals surface area contributed by atoms with E-state index < -0.39 is 0 Å². The smallest absolute Gasteiger partial charge is 0.159 e. The molecule has 0 saturated heterocycles. The topological polar surface area (TPSA) is 53.6 Å². The summed E-state index contributed by atoms with van der Waals surface area (Å²) in [7, 11) is 0. The minimum absolute atomic E-state index is 0.647. The monoisotopic (exact) mass is 186 g/mol. The molecule has 0 fully saturated rings.